The quantitative estimate of drug-likeness (QED) is 0.283. The molecule has 0 bridgehead atoms. The summed E-state index contributed by atoms with van der Waals surface area (Å²) in [5, 5.41) is 7.87. The fraction of sp³-hybridized carbons (Fsp3) is 0.765. The summed E-state index contributed by atoms with van der Waals surface area (Å²) in [5.41, 5.74) is 1.11. The van der Waals surface area contributed by atoms with Gasteiger partial charge in [-0.2, -0.15) is 0 Å². The number of ether oxygens (including phenoxy) is 1. The lowest BCUT2D eigenvalue weighted by molar-refractivity contribution is -0.0679. The Kier molecular flexibility index (Phi) is 10.2. The number of aromatic nitrogens is 1. The van der Waals surface area contributed by atoms with E-state index in [4.69, 9.17) is 4.74 Å². The van der Waals surface area contributed by atoms with Crippen molar-refractivity contribution in [1.29, 1.82) is 0 Å². The summed E-state index contributed by atoms with van der Waals surface area (Å²) in [6, 6.07) is 0. The van der Waals surface area contributed by atoms with Gasteiger partial charge >= 0.3 is 0 Å². The van der Waals surface area contributed by atoms with Crippen molar-refractivity contribution in [3.63, 3.8) is 0 Å². The van der Waals surface area contributed by atoms with Gasteiger partial charge in [-0.05, 0) is 34.1 Å². The van der Waals surface area contributed by atoms with Gasteiger partial charge in [0.2, 0.25) is 0 Å². The highest BCUT2D eigenvalue weighted by molar-refractivity contribution is 14.0. The molecule has 2 atom stereocenters. The Hall–Kier alpha value is -0.450. The van der Waals surface area contributed by atoms with E-state index in [2.05, 4.69) is 46.3 Å². The molecular weight excluding hydrogens is 449 g/mol. The number of rotatable bonds is 6. The highest BCUT2D eigenvalue weighted by atomic mass is 127. The van der Waals surface area contributed by atoms with Crippen molar-refractivity contribution in [3.05, 3.63) is 15.6 Å². The molecule has 0 spiro atoms. The molecule has 2 rings (SSSR count). The second-order valence-electron chi connectivity index (χ2n) is 6.46. The number of halogens is 1. The minimum Gasteiger partial charge on any atom is -0.373 e. The number of nitrogens with zero attached hydrogens (tertiary/aromatic N) is 3. The smallest absolute Gasteiger partial charge is 0.191 e. The third-order valence-electron chi connectivity index (χ3n) is 4.08. The van der Waals surface area contributed by atoms with Gasteiger partial charge in [0.05, 0.1) is 29.5 Å². The third kappa shape index (κ3) is 7.76. The van der Waals surface area contributed by atoms with Crippen molar-refractivity contribution < 1.29 is 4.74 Å². The molecule has 8 heteroatoms. The van der Waals surface area contributed by atoms with Crippen LogP contribution >= 0.6 is 35.3 Å². The van der Waals surface area contributed by atoms with Crippen LogP contribution in [0.4, 0.5) is 0 Å². The van der Waals surface area contributed by atoms with Crippen LogP contribution in [0.1, 0.15) is 35.8 Å². The summed E-state index contributed by atoms with van der Waals surface area (Å²) in [5.74, 6) is 0.851. The first-order chi connectivity index (χ1) is 11.5. The molecule has 25 heavy (non-hydrogen) atoms. The van der Waals surface area contributed by atoms with Crippen LogP contribution in [0.5, 0.6) is 0 Å². The zero-order valence-electron chi connectivity index (χ0n) is 16.0. The number of guanidine groups is 1. The van der Waals surface area contributed by atoms with Crippen molar-refractivity contribution in [2.45, 2.75) is 52.9 Å². The molecule has 2 unspecified atom stereocenters. The number of morpholine rings is 1. The highest BCUT2D eigenvalue weighted by Gasteiger charge is 2.21. The second kappa shape index (κ2) is 11.3. The predicted molar refractivity (Wildman–Crippen MR) is 116 cm³/mol. The van der Waals surface area contributed by atoms with Crippen LogP contribution in [0.15, 0.2) is 4.99 Å². The average molecular weight is 481 g/mol. The monoisotopic (exact) mass is 481 g/mol. The highest BCUT2D eigenvalue weighted by Crippen LogP contribution is 2.16. The molecule has 1 fully saturated rings. The average Bonchev–Trinajstić information content (AvgIpc) is 2.83. The summed E-state index contributed by atoms with van der Waals surface area (Å²) < 4.78 is 5.77. The van der Waals surface area contributed by atoms with Crippen LogP contribution in [0.2, 0.25) is 0 Å². The van der Waals surface area contributed by atoms with E-state index in [1.807, 2.05) is 14.0 Å². The van der Waals surface area contributed by atoms with Crippen LogP contribution in [0.25, 0.3) is 0 Å². The molecule has 0 aliphatic carbocycles. The predicted octanol–water partition coefficient (Wildman–Crippen LogP) is 2.54. The molecule has 0 radical (unpaired) electrons. The molecule has 1 aromatic heterocycles. The largest absolute Gasteiger partial charge is 0.373 e. The van der Waals surface area contributed by atoms with E-state index in [1.54, 1.807) is 11.3 Å². The van der Waals surface area contributed by atoms with Gasteiger partial charge in [0.25, 0.3) is 0 Å². The van der Waals surface area contributed by atoms with Crippen molar-refractivity contribution in [1.82, 2.24) is 20.5 Å². The first-order valence-electron chi connectivity index (χ1n) is 8.73. The van der Waals surface area contributed by atoms with Crippen LogP contribution in [0, 0.1) is 13.8 Å². The number of hydrogen-bond donors (Lipinski definition) is 2. The Bertz CT molecular complexity index is 541. The fourth-order valence-corrected chi connectivity index (χ4v) is 3.98. The minimum atomic E-state index is 0. The maximum absolute atomic E-state index is 5.77. The maximum Gasteiger partial charge on any atom is 0.191 e. The number of thiazole rings is 1. The van der Waals surface area contributed by atoms with Gasteiger partial charge in [0, 0.05) is 38.1 Å². The van der Waals surface area contributed by atoms with E-state index in [9.17, 15) is 0 Å². The van der Waals surface area contributed by atoms with Crippen LogP contribution < -0.4 is 10.6 Å². The molecule has 1 aliphatic rings. The third-order valence-corrected chi connectivity index (χ3v) is 5.15. The molecule has 1 aliphatic heterocycles. The molecule has 2 heterocycles. The lowest BCUT2D eigenvalue weighted by Gasteiger charge is -2.35. The van der Waals surface area contributed by atoms with Gasteiger partial charge in [-0.1, -0.05) is 0 Å². The van der Waals surface area contributed by atoms with Crippen LogP contribution in [-0.2, 0) is 11.3 Å². The summed E-state index contributed by atoms with van der Waals surface area (Å²) >= 11 is 1.74. The SMILES string of the molecule is CN=C(NCCCN1CC(C)OC(C)C1)NCc1sc(C)nc1C.I. The van der Waals surface area contributed by atoms with E-state index in [0.717, 1.165) is 55.8 Å². The standard InChI is InChI=1S/C17H31N5OS.HI/c1-12-10-22(11-13(2)23-12)8-6-7-19-17(18-5)20-9-16-14(3)21-15(4)24-16;/h12-13H,6-11H2,1-5H3,(H2,18,19,20);1H. The van der Waals surface area contributed by atoms with Crippen molar-refractivity contribution in [3.8, 4) is 0 Å². The van der Waals surface area contributed by atoms with Gasteiger partial charge < -0.3 is 15.4 Å². The Morgan fingerprint density at radius 1 is 1.28 bits per heavy atom. The fourth-order valence-electron chi connectivity index (χ4n) is 3.10. The molecule has 0 aromatic carbocycles. The van der Waals surface area contributed by atoms with Gasteiger partial charge in [-0.25, -0.2) is 4.98 Å². The van der Waals surface area contributed by atoms with E-state index in [-0.39, 0.29) is 24.0 Å². The summed E-state index contributed by atoms with van der Waals surface area (Å²) in [4.78, 5) is 12.5. The normalized spacial score (nSPS) is 21.7. The number of hydrogen-bond acceptors (Lipinski definition) is 5. The zero-order chi connectivity index (χ0) is 17.5. The first-order valence-corrected chi connectivity index (χ1v) is 9.54. The van der Waals surface area contributed by atoms with Gasteiger partial charge in [-0.15, -0.1) is 35.3 Å². The Morgan fingerprint density at radius 2 is 1.96 bits per heavy atom. The van der Waals surface area contributed by atoms with Gasteiger partial charge in [0.15, 0.2) is 5.96 Å². The maximum atomic E-state index is 5.77. The number of nitrogens with one attached hydrogen (secondary N) is 2. The van der Waals surface area contributed by atoms with Crippen molar-refractivity contribution >= 4 is 41.3 Å². The second-order valence-corrected chi connectivity index (χ2v) is 7.75. The first kappa shape index (κ1) is 22.6. The van der Waals surface area contributed by atoms with E-state index < -0.39 is 0 Å². The topological polar surface area (TPSA) is 61.8 Å². The van der Waals surface area contributed by atoms with E-state index >= 15 is 0 Å². The lowest BCUT2D eigenvalue weighted by Crippen LogP contribution is -2.46. The molecule has 0 saturated carbocycles. The van der Waals surface area contributed by atoms with Gasteiger partial charge in [-0.3, -0.25) is 9.89 Å². The van der Waals surface area contributed by atoms with Crippen LogP contribution in [-0.4, -0.2) is 61.3 Å². The molecule has 1 aromatic rings. The van der Waals surface area contributed by atoms with Crippen LogP contribution in [0.3, 0.4) is 0 Å². The Labute approximate surface area is 172 Å². The molecule has 2 N–H and O–H groups in total. The summed E-state index contributed by atoms with van der Waals surface area (Å²) in [6.45, 7) is 13.2. The minimum absolute atomic E-state index is 0. The number of aryl methyl sites for hydroxylation is 2. The molecular formula is C17H32IN5OS. The van der Waals surface area contributed by atoms with E-state index in [1.165, 1.54) is 4.88 Å². The molecule has 1 saturated heterocycles. The Balaban J connectivity index is 0.00000312. The molecule has 6 nitrogen and oxygen atoms in total. The lowest BCUT2D eigenvalue weighted by atomic mass is 10.2. The summed E-state index contributed by atoms with van der Waals surface area (Å²) in [7, 11) is 1.81. The van der Waals surface area contributed by atoms with E-state index in [0.29, 0.717) is 12.2 Å². The van der Waals surface area contributed by atoms with Crippen molar-refractivity contribution in [2.75, 3.05) is 33.2 Å². The van der Waals surface area contributed by atoms with Gasteiger partial charge in [0.1, 0.15) is 0 Å². The van der Waals surface area contributed by atoms with Crippen molar-refractivity contribution in [2.24, 2.45) is 4.99 Å². The Morgan fingerprint density at radius 3 is 2.52 bits per heavy atom. The molecule has 144 valence electrons. The number of aliphatic imine (C=N–C) groups is 1. The molecule has 0 amide bonds. The summed E-state index contributed by atoms with van der Waals surface area (Å²) in [6.07, 6.45) is 1.77. The zero-order valence-corrected chi connectivity index (χ0v) is 19.1.